The quantitative estimate of drug-likeness (QED) is 0.490. The van der Waals surface area contributed by atoms with Crippen LogP contribution in [-0.2, 0) is 4.74 Å². The van der Waals surface area contributed by atoms with Gasteiger partial charge in [-0.2, -0.15) is 0 Å². The Hall–Kier alpha value is -3.45. The number of ether oxygens (including phenoxy) is 1. The van der Waals surface area contributed by atoms with E-state index >= 15 is 0 Å². The average Bonchev–Trinajstić information content (AvgIpc) is 3.20. The molecule has 0 amide bonds. The molecule has 0 saturated carbocycles. The summed E-state index contributed by atoms with van der Waals surface area (Å²) in [6, 6.07) is 18.6. The first kappa shape index (κ1) is 17.9. The van der Waals surface area contributed by atoms with Crippen molar-refractivity contribution < 1.29 is 9.66 Å². The van der Waals surface area contributed by atoms with Crippen molar-refractivity contribution in [1.29, 1.82) is 0 Å². The minimum Gasteiger partial charge on any atom is -0.475 e. The number of halogens is 1. The normalized spacial score (nSPS) is 15.6. The summed E-state index contributed by atoms with van der Waals surface area (Å²) >= 11 is 6.15. The van der Waals surface area contributed by atoms with Gasteiger partial charge in [0.05, 0.1) is 21.2 Å². The fraction of sp³-hybridized carbons (Fsp3) is 0.100. The molecule has 0 fully saturated rings. The van der Waals surface area contributed by atoms with Gasteiger partial charge in [0.25, 0.3) is 5.69 Å². The molecule has 1 aromatic heterocycles. The number of hydrogen-bond acceptors (Lipinski definition) is 6. The van der Waals surface area contributed by atoms with E-state index in [9.17, 15) is 10.1 Å². The van der Waals surface area contributed by atoms with Gasteiger partial charge in [-0.15, -0.1) is 0 Å². The van der Waals surface area contributed by atoms with Crippen molar-refractivity contribution in [1.82, 2.24) is 4.98 Å². The molecule has 0 saturated heterocycles. The van der Waals surface area contributed by atoms with Gasteiger partial charge in [0.2, 0.25) is 5.90 Å². The van der Waals surface area contributed by atoms with Crippen LogP contribution in [0.15, 0.2) is 71.9 Å². The summed E-state index contributed by atoms with van der Waals surface area (Å²) in [4.78, 5) is 19.1. The highest BCUT2D eigenvalue weighted by Crippen LogP contribution is 2.31. The summed E-state index contributed by atoms with van der Waals surface area (Å²) in [5.74, 6) is 0.841. The Morgan fingerprint density at radius 2 is 1.89 bits per heavy atom. The SMILES string of the molecule is O=[N+]([O-])c1cnc(Nc2ccccc2C2=N[C@@H](c3ccccc3)CO2)c(Cl)c1. The van der Waals surface area contributed by atoms with E-state index in [-0.39, 0.29) is 16.8 Å². The van der Waals surface area contributed by atoms with Gasteiger partial charge in [-0.25, -0.2) is 9.98 Å². The predicted molar refractivity (Wildman–Crippen MR) is 107 cm³/mol. The average molecular weight is 395 g/mol. The molecule has 4 rings (SSSR count). The Labute approximate surface area is 165 Å². The molecule has 1 N–H and O–H groups in total. The number of aromatic nitrogens is 1. The zero-order chi connectivity index (χ0) is 19.5. The fourth-order valence-corrected chi connectivity index (χ4v) is 3.10. The topological polar surface area (TPSA) is 89.7 Å². The maximum absolute atomic E-state index is 10.9. The standard InChI is InChI=1S/C20H15ClN4O3/c21-16-10-14(25(26)27)11-22-19(16)23-17-9-5-4-8-15(17)20-24-18(12-28-20)13-6-2-1-3-7-13/h1-11,18H,12H2,(H,22,23)/t18-/m1/s1. The van der Waals surface area contributed by atoms with E-state index in [2.05, 4.69) is 10.3 Å². The third-order valence-electron chi connectivity index (χ3n) is 4.28. The lowest BCUT2D eigenvalue weighted by Gasteiger charge is -2.12. The van der Waals surface area contributed by atoms with Gasteiger partial charge in [0, 0.05) is 6.07 Å². The Bertz CT molecular complexity index is 1060. The number of pyridine rings is 1. The van der Waals surface area contributed by atoms with Gasteiger partial charge in [-0.1, -0.05) is 54.1 Å². The molecule has 7 nitrogen and oxygen atoms in total. The maximum Gasteiger partial charge on any atom is 0.289 e. The molecule has 0 radical (unpaired) electrons. The van der Waals surface area contributed by atoms with E-state index in [0.717, 1.165) is 17.3 Å². The maximum atomic E-state index is 10.9. The van der Waals surface area contributed by atoms with Crippen LogP contribution >= 0.6 is 11.6 Å². The first-order valence-electron chi connectivity index (χ1n) is 8.54. The molecular formula is C20H15ClN4O3. The lowest BCUT2D eigenvalue weighted by Crippen LogP contribution is -2.06. The van der Waals surface area contributed by atoms with Crippen LogP contribution in [0.4, 0.5) is 17.2 Å². The molecule has 1 aliphatic rings. The third kappa shape index (κ3) is 3.65. The molecule has 0 unspecified atom stereocenters. The van der Waals surface area contributed by atoms with E-state index in [0.29, 0.717) is 24.0 Å². The number of aliphatic imine (C=N–C) groups is 1. The molecular weight excluding hydrogens is 380 g/mol. The lowest BCUT2D eigenvalue weighted by atomic mass is 10.1. The molecule has 3 aromatic rings. The van der Waals surface area contributed by atoms with Crippen LogP contribution in [0.2, 0.25) is 5.02 Å². The van der Waals surface area contributed by atoms with E-state index < -0.39 is 4.92 Å². The molecule has 0 spiro atoms. The molecule has 0 bridgehead atoms. The lowest BCUT2D eigenvalue weighted by molar-refractivity contribution is -0.385. The second kappa shape index (κ2) is 7.66. The minimum atomic E-state index is -0.540. The van der Waals surface area contributed by atoms with Crippen molar-refractivity contribution >= 4 is 34.7 Å². The van der Waals surface area contributed by atoms with Crippen LogP contribution in [0.1, 0.15) is 17.2 Å². The van der Waals surface area contributed by atoms with E-state index in [4.69, 9.17) is 21.3 Å². The zero-order valence-corrected chi connectivity index (χ0v) is 15.3. The Morgan fingerprint density at radius 1 is 1.14 bits per heavy atom. The third-order valence-corrected chi connectivity index (χ3v) is 4.57. The van der Waals surface area contributed by atoms with Crippen LogP contribution < -0.4 is 5.32 Å². The molecule has 28 heavy (non-hydrogen) atoms. The number of nitrogens with one attached hydrogen (secondary N) is 1. The monoisotopic (exact) mass is 394 g/mol. The van der Waals surface area contributed by atoms with Gasteiger partial charge in [0.15, 0.2) is 0 Å². The second-order valence-electron chi connectivity index (χ2n) is 6.12. The first-order valence-corrected chi connectivity index (χ1v) is 8.91. The van der Waals surface area contributed by atoms with Crippen LogP contribution in [0.3, 0.4) is 0 Å². The minimum absolute atomic E-state index is 0.0645. The molecule has 2 aromatic carbocycles. The molecule has 8 heteroatoms. The van der Waals surface area contributed by atoms with Crippen molar-refractivity contribution in [2.24, 2.45) is 4.99 Å². The van der Waals surface area contributed by atoms with Crippen LogP contribution in [0.5, 0.6) is 0 Å². The van der Waals surface area contributed by atoms with E-state index in [1.807, 2.05) is 54.6 Å². The van der Waals surface area contributed by atoms with Gasteiger partial charge in [-0.05, 0) is 17.7 Å². The molecule has 1 atom stereocenters. The van der Waals surface area contributed by atoms with E-state index in [1.165, 1.54) is 6.07 Å². The first-order chi connectivity index (χ1) is 13.6. The highest BCUT2D eigenvalue weighted by atomic mass is 35.5. The van der Waals surface area contributed by atoms with Gasteiger partial charge < -0.3 is 10.1 Å². The summed E-state index contributed by atoms with van der Waals surface area (Å²) in [5.41, 5.74) is 2.37. The summed E-state index contributed by atoms with van der Waals surface area (Å²) in [5, 5.41) is 14.1. The zero-order valence-electron chi connectivity index (χ0n) is 14.6. The van der Waals surface area contributed by atoms with Crippen molar-refractivity contribution in [3.05, 3.63) is 93.1 Å². The fourth-order valence-electron chi connectivity index (χ4n) is 2.89. The Balaban J connectivity index is 1.62. The summed E-state index contributed by atoms with van der Waals surface area (Å²) < 4.78 is 5.83. The summed E-state index contributed by atoms with van der Waals surface area (Å²) in [7, 11) is 0. The smallest absolute Gasteiger partial charge is 0.289 e. The number of rotatable bonds is 5. The Kier molecular flexibility index (Phi) is 4.90. The molecule has 140 valence electrons. The number of para-hydroxylation sites is 1. The number of nitrogens with zero attached hydrogens (tertiary/aromatic N) is 3. The largest absolute Gasteiger partial charge is 0.475 e. The van der Waals surface area contributed by atoms with Crippen LogP contribution in [0.25, 0.3) is 0 Å². The second-order valence-corrected chi connectivity index (χ2v) is 6.53. The highest BCUT2D eigenvalue weighted by Gasteiger charge is 2.23. The summed E-state index contributed by atoms with van der Waals surface area (Å²) in [6.07, 6.45) is 1.16. The molecule has 2 heterocycles. The number of anilines is 2. The highest BCUT2D eigenvalue weighted by molar-refractivity contribution is 6.33. The molecule has 0 aliphatic carbocycles. The number of benzene rings is 2. The summed E-state index contributed by atoms with van der Waals surface area (Å²) in [6.45, 7) is 0.463. The number of nitro groups is 1. The van der Waals surface area contributed by atoms with Gasteiger partial charge >= 0.3 is 0 Å². The van der Waals surface area contributed by atoms with Crippen molar-refractivity contribution in [2.75, 3.05) is 11.9 Å². The predicted octanol–water partition coefficient (Wildman–Crippen LogP) is 4.90. The Morgan fingerprint density at radius 3 is 2.64 bits per heavy atom. The van der Waals surface area contributed by atoms with Gasteiger partial charge in [0.1, 0.15) is 24.7 Å². The number of hydrogen-bond donors (Lipinski definition) is 1. The van der Waals surface area contributed by atoms with Crippen molar-refractivity contribution in [2.45, 2.75) is 6.04 Å². The molecule has 1 aliphatic heterocycles. The van der Waals surface area contributed by atoms with Crippen LogP contribution in [-0.4, -0.2) is 22.4 Å². The van der Waals surface area contributed by atoms with Crippen LogP contribution in [0, 0.1) is 10.1 Å². The van der Waals surface area contributed by atoms with Gasteiger partial charge in [-0.3, -0.25) is 10.1 Å². The van der Waals surface area contributed by atoms with E-state index in [1.54, 1.807) is 0 Å². The van der Waals surface area contributed by atoms with Crippen molar-refractivity contribution in [3.63, 3.8) is 0 Å². The van der Waals surface area contributed by atoms with Crippen molar-refractivity contribution in [3.8, 4) is 0 Å².